The van der Waals surface area contributed by atoms with E-state index in [-0.39, 0.29) is 16.9 Å². The number of amides is 1. The normalized spacial score (nSPS) is 16.7. The van der Waals surface area contributed by atoms with Gasteiger partial charge < -0.3 is 14.8 Å². The molecular weight excluding hydrogens is 392 g/mol. The predicted octanol–water partition coefficient (Wildman–Crippen LogP) is 2.80. The van der Waals surface area contributed by atoms with Crippen LogP contribution in [0, 0.1) is 0 Å². The Morgan fingerprint density at radius 3 is 2.66 bits per heavy atom. The quantitative estimate of drug-likeness (QED) is 0.646. The number of carbonyl (C=O) groups is 1. The van der Waals surface area contributed by atoms with Crippen LogP contribution >= 0.6 is 0 Å². The maximum Gasteiger partial charge on any atom is 0.262 e. The molecule has 2 N–H and O–H groups in total. The van der Waals surface area contributed by atoms with Crippen LogP contribution in [0.5, 0.6) is 5.75 Å². The summed E-state index contributed by atoms with van der Waals surface area (Å²) < 4.78 is 38.3. The second-order valence-corrected chi connectivity index (χ2v) is 8.27. The minimum absolute atomic E-state index is 0.0904. The van der Waals surface area contributed by atoms with Crippen molar-refractivity contribution < 1.29 is 22.7 Å². The zero-order valence-electron chi connectivity index (χ0n) is 16.1. The molecule has 7 nitrogen and oxygen atoms in total. The lowest BCUT2D eigenvalue weighted by atomic mass is 10.2. The number of carbonyl (C=O) groups excluding carboxylic acids is 1. The zero-order valence-corrected chi connectivity index (χ0v) is 16.9. The van der Waals surface area contributed by atoms with Crippen LogP contribution in [0.15, 0.2) is 59.5 Å². The number of rotatable bonds is 8. The monoisotopic (exact) mass is 416 g/mol. The van der Waals surface area contributed by atoms with Gasteiger partial charge in [0.25, 0.3) is 10.0 Å². The molecule has 3 rings (SSSR count). The molecule has 154 valence electrons. The predicted molar refractivity (Wildman–Crippen MR) is 111 cm³/mol. The summed E-state index contributed by atoms with van der Waals surface area (Å²) in [5.74, 6) is 0.222. The van der Waals surface area contributed by atoms with Crippen molar-refractivity contribution in [3.05, 3.63) is 60.2 Å². The lowest BCUT2D eigenvalue weighted by Crippen LogP contribution is -2.30. The van der Waals surface area contributed by atoms with E-state index in [1.54, 1.807) is 42.5 Å². The molecule has 1 amide bonds. The largest absolute Gasteiger partial charge is 0.495 e. The van der Waals surface area contributed by atoms with Gasteiger partial charge in [0.1, 0.15) is 5.75 Å². The summed E-state index contributed by atoms with van der Waals surface area (Å²) in [6.07, 6.45) is 5.13. The van der Waals surface area contributed by atoms with Gasteiger partial charge in [0.05, 0.1) is 23.8 Å². The van der Waals surface area contributed by atoms with Gasteiger partial charge >= 0.3 is 0 Å². The second-order valence-electron chi connectivity index (χ2n) is 6.59. The summed E-state index contributed by atoms with van der Waals surface area (Å²) in [5, 5.41) is 2.80. The van der Waals surface area contributed by atoms with E-state index in [2.05, 4.69) is 10.0 Å². The maximum absolute atomic E-state index is 12.6. The van der Waals surface area contributed by atoms with Crippen molar-refractivity contribution in [1.29, 1.82) is 0 Å². The van der Waals surface area contributed by atoms with Crippen molar-refractivity contribution in [2.45, 2.75) is 23.8 Å². The Labute approximate surface area is 170 Å². The molecule has 1 aliphatic rings. The Morgan fingerprint density at radius 1 is 1.21 bits per heavy atom. The smallest absolute Gasteiger partial charge is 0.262 e. The van der Waals surface area contributed by atoms with Gasteiger partial charge in [-0.05, 0) is 48.7 Å². The summed E-state index contributed by atoms with van der Waals surface area (Å²) in [7, 11) is -2.28. The van der Waals surface area contributed by atoms with Crippen LogP contribution in [0.25, 0.3) is 6.08 Å². The third-order valence-corrected chi connectivity index (χ3v) is 5.88. The van der Waals surface area contributed by atoms with Crippen LogP contribution < -0.4 is 14.8 Å². The number of nitrogens with one attached hydrogen (secondary N) is 2. The third-order valence-electron chi connectivity index (χ3n) is 4.50. The molecule has 1 unspecified atom stereocenters. The molecule has 2 aromatic carbocycles. The van der Waals surface area contributed by atoms with Crippen LogP contribution in [-0.4, -0.2) is 40.7 Å². The lowest BCUT2D eigenvalue weighted by molar-refractivity contribution is -0.116. The van der Waals surface area contributed by atoms with Gasteiger partial charge in [-0.1, -0.05) is 24.3 Å². The van der Waals surface area contributed by atoms with E-state index in [9.17, 15) is 13.2 Å². The average Bonchev–Trinajstić information content (AvgIpc) is 3.25. The number of hydrogen-bond donors (Lipinski definition) is 2. The van der Waals surface area contributed by atoms with E-state index in [1.165, 1.54) is 25.3 Å². The number of methoxy groups -OCH3 is 1. The fourth-order valence-corrected chi connectivity index (χ4v) is 4.01. The van der Waals surface area contributed by atoms with Crippen LogP contribution in [0.1, 0.15) is 18.4 Å². The Hall–Kier alpha value is -2.84. The van der Waals surface area contributed by atoms with Crippen LogP contribution in [0.4, 0.5) is 5.69 Å². The first-order valence-corrected chi connectivity index (χ1v) is 10.8. The molecular formula is C21H24N2O5S. The number of ether oxygens (including phenoxy) is 2. The van der Waals surface area contributed by atoms with E-state index in [4.69, 9.17) is 9.47 Å². The lowest BCUT2D eigenvalue weighted by Gasteiger charge is -2.11. The van der Waals surface area contributed by atoms with Gasteiger partial charge in [-0.15, -0.1) is 0 Å². The van der Waals surface area contributed by atoms with Gasteiger partial charge in [0.2, 0.25) is 5.91 Å². The number of para-hydroxylation sites is 2. The molecule has 2 aromatic rings. The molecule has 0 aliphatic carbocycles. The van der Waals surface area contributed by atoms with Gasteiger partial charge in [0.15, 0.2) is 0 Å². The highest BCUT2D eigenvalue weighted by Crippen LogP contribution is 2.26. The highest BCUT2D eigenvalue weighted by Gasteiger charge is 2.17. The number of hydrogen-bond acceptors (Lipinski definition) is 5. The molecule has 8 heteroatoms. The molecule has 1 heterocycles. The van der Waals surface area contributed by atoms with Gasteiger partial charge in [-0.3, -0.25) is 9.52 Å². The van der Waals surface area contributed by atoms with E-state index in [1.807, 2.05) is 0 Å². The van der Waals surface area contributed by atoms with Crippen molar-refractivity contribution in [3.8, 4) is 5.75 Å². The van der Waals surface area contributed by atoms with E-state index >= 15 is 0 Å². The minimum atomic E-state index is -3.76. The highest BCUT2D eigenvalue weighted by molar-refractivity contribution is 7.92. The van der Waals surface area contributed by atoms with Gasteiger partial charge in [-0.25, -0.2) is 8.42 Å². The average molecular weight is 416 g/mol. The Bertz CT molecular complexity index is 965. The summed E-state index contributed by atoms with van der Waals surface area (Å²) in [6, 6.07) is 13.0. The minimum Gasteiger partial charge on any atom is -0.495 e. The Balaban J connectivity index is 1.60. The molecule has 0 spiro atoms. The first-order valence-electron chi connectivity index (χ1n) is 9.31. The van der Waals surface area contributed by atoms with Crippen molar-refractivity contribution in [2.24, 2.45) is 0 Å². The first-order chi connectivity index (χ1) is 14.0. The second kappa shape index (κ2) is 9.58. The summed E-state index contributed by atoms with van der Waals surface area (Å²) in [4.78, 5) is 12.0. The molecule has 0 radical (unpaired) electrons. The Morgan fingerprint density at radius 2 is 1.97 bits per heavy atom. The molecule has 1 atom stereocenters. The fraction of sp³-hybridized carbons (Fsp3) is 0.286. The van der Waals surface area contributed by atoms with Crippen LogP contribution in [-0.2, 0) is 19.6 Å². The molecule has 0 saturated carbocycles. The maximum atomic E-state index is 12.6. The van der Waals surface area contributed by atoms with E-state index < -0.39 is 10.0 Å². The zero-order chi connectivity index (χ0) is 20.7. The van der Waals surface area contributed by atoms with Crippen LogP contribution in [0.2, 0.25) is 0 Å². The van der Waals surface area contributed by atoms with Crippen molar-refractivity contribution >= 4 is 27.7 Å². The Kier molecular flexibility index (Phi) is 6.90. The molecule has 0 bridgehead atoms. The van der Waals surface area contributed by atoms with Gasteiger partial charge in [0, 0.05) is 19.2 Å². The molecule has 1 saturated heterocycles. The molecule has 1 aliphatic heterocycles. The summed E-state index contributed by atoms with van der Waals surface area (Å²) in [6.45, 7) is 1.24. The first kappa shape index (κ1) is 20.9. The fourth-order valence-electron chi connectivity index (χ4n) is 2.94. The highest BCUT2D eigenvalue weighted by atomic mass is 32.2. The molecule has 29 heavy (non-hydrogen) atoms. The standard InChI is InChI=1S/C21H24N2O5S/c1-27-20-7-3-2-6-19(20)23-29(25,26)18-11-8-16(9-12-18)10-13-21(24)22-15-17-5-4-14-28-17/h2-3,6-13,17,23H,4-5,14-15H2,1H3,(H,22,24)/b13-10+. The third kappa shape index (κ3) is 5.82. The number of anilines is 1. The van der Waals surface area contributed by atoms with E-state index in [0.29, 0.717) is 23.5 Å². The SMILES string of the molecule is COc1ccccc1NS(=O)(=O)c1ccc(/C=C/C(=O)NCC2CCCO2)cc1. The number of benzene rings is 2. The molecule has 0 aromatic heterocycles. The number of sulfonamides is 1. The topological polar surface area (TPSA) is 93.7 Å². The van der Waals surface area contributed by atoms with Crippen molar-refractivity contribution in [3.63, 3.8) is 0 Å². The van der Waals surface area contributed by atoms with E-state index in [0.717, 1.165) is 19.4 Å². The van der Waals surface area contributed by atoms with Crippen molar-refractivity contribution in [2.75, 3.05) is 25.0 Å². The van der Waals surface area contributed by atoms with Crippen molar-refractivity contribution in [1.82, 2.24) is 5.32 Å². The molecule has 1 fully saturated rings. The van der Waals surface area contributed by atoms with Crippen LogP contribution in [0.3, 0.4) is 0 Å². The summed E-state index contributed by atoms with van der Waals surface area (Å²) in [5.41, 5.74) is 1.08. The van der Waals surface area contributed by atoms with Gasteiger partial charge in [-0.2, -0.15) is 0 Å². The summed E-state index contributed by atoms with van der Waals surface area (Å²) >= 11 is 0.